The zero-order valence-corrected chi connectivity index (χ0v) is 14.8. The molecular formula is C18H25N3O4. The molecule has 0 radical (unpaired) electrons. The first-order valence-electron chi connectivity index (χ1n) is 8.58. The Bertz CT molecular complexity index is 626. The van der Waals surface area contributed by atoms with E-state index in [-0.39, 0.29) is 5.91 Å². The van der Waals surface area contributed by atoms with Crippen molar-refractivity contribution in [1.29, 1.82) is 0 Å². The molecule has 1 atom stereocenters. The van der Waals surface area contributed by atoms with Gasteiger partial charge >= 0.3 is 0 Å². The molecule has 136 valence electrons. The number of morpholine rings is 1. The van der Waals surface area contributed by atoms with Crippen LogP contribution in [0.5, 0.6) is 5.75 Å². The number of hydrogen-bond acceptors (Lipinski definition) is 6. The number of ether oxygens (including phenoxy) is 2. The Labute approximate surface area is 147 Å². The fraction of sp³-hybridized carbons (Fsp3) is 0.556. The molecule has 2 heterocycles. The summed E-state index contributed by atoms with van der Waals surface area (Å²) in [6, 6.07) is 7.58. The van der Waals surface area contributed by atoms with Gasteiger partial charge < -0.3 is 19.6 Å². The van der Waals surface area contributed by atoms with E-state index >= 15 is 0 Å². The Morgan fingerprint density at radius 3 is 2.72 bits per heavy atom. The van der Waals surface area contributed by atoms with Crippen LogP contribution in [-0.2, 0) is 14.4 Å². The second kappa shape index (κ2) is 7.84. The van der Waals surface area contributed by atoms with Crippen molar-refractivity contribution in [2.45, 2.75) is 18.9 Å². The van der Waals surface area contributed by atoms with Gasteiger partial charge in [0.15, 0.2) is 0 Å². The van der Waals surface area contributed by atoms with Crippen molar-refractivity contribution < 1.29 is 19.1 Å². The SMILES string of the molecule is COc1ccc(C2=NOC(C)(C(=O)NCCN3CCOCC3)C2)cc1. The van der Waals surface area contributed by atoms with E-state index in [1.54, 1.807) is 14.0 Å². The van der Waals surface area contributed by atoms with Crippen LogP contribution in [0, 0.1) is 0 Å². The highest BCUT2D eigenvalue weighted by Crippen LogP contribution is 2.27. The Hall–Kier alpha value is -2.12. The minimum absolute atomic E-state index is 0.131. The normalized spacial score (nSPS) is 23.7. The monoisotopic (exact) mass is 347 g/mol. The number of rotatable bonds is 6. The number of methoxy groups -OCH3 is 1. The number of oxime groups is 1. The average Bonchev–Trinajstić information content (AvgIpc) is 3.06. The van der Waals surface area contributed by atoms with Gasteiger partial charge in [0, 0.05) is 32.6 Å². The number of nitrogens with zero attached hydrogens (tertiary/aromatic N) is 2. The highest BCUT2D eigenvalue weighted by atomic mass is 16.7. The molecule has 0 spiro atoms. The van der Waals surface area contributed by atoms with Crippen LogP contribution in [0.4, 0.5) is 0 Å². The summed E-state index contributed by atoms with van der Waals surface area (Å²) in [5.74, 6) is 0.653. The van der Waals surface area contributed by atoms with Gasteiger partial charge in [-0.3, -0.25) is 9.69 Å². The first-order chi connectivity index (χ1) is 12.1. The highest BCUT2D eigenvalue weighted by Gasteiger charge is 2.42. The molecular weight excluding hydrogens is 322 g/mol. The Kier molecular flexibility index (Phi) is 5.55. The van der Waals surface area contributed by atoms with E-state index in [1.807, 2.05) is 24.3 Å². The van der Waals surface area contributed by atoms with E-state index in [0.29, 0.717) is 13.0 Å². The number of benzene rings is 1. The van der Waals surface area contributed by atoms with Crippen LogP contribution in [0.25, 0.3) is 0 Å². The average molecular weight is 347 g/mol. The summed E-state index contributed by atoms with van der Waals surface area (Å²) in [6.45, 7) is 6.52. The van der Waals surface area contributed by atoms with E-state index in [2.05, 4.69) is 15.4 Å². The van der Waals surface area contributed by atoms with Gasteiger partial charge in [0.1, 0.15) is 5.75 Å². The van der Waals surface area contributed by atoms with Crippen molar-refractivity contribution in [3.05, 3.63) is 29.8 Å². The van der Waals surface area contributed by atoms with Crippen molar-refractivity contribution >= 4 is 11.6 Å². The summed E-state index contributed by atoms with van der Waals surface area (Å²) in [5.41, 5.74) is 0.749. The molecule has 0 aromatic heterocycles. The Morgan fingerprint density at radius 2 is 2.04 bits per heavy atom. The minimum Gasteiger partial charge on any atom is -0.497 e. The molecule has 25 heavy (non-hydrogen) atoms. The highest BCUT2D eigenvalue weighted by molar-refractivity contribution is 6.05. The van der Waals surface area contributed by atoms with Crippen LogP contribution in [0.1, 0.15) is 18.9 Å². The molecule has 3 rings (SSSR count). The maximum atomic E-state index is 12.5. The van der Waals surface area contributed by atoms with Crippen molar-refractivity contribution in [2.75, 3.05) is 46.5 Å². The van der Waals surface area contributed by atoms with Crippen LogP contribution >= 0.6 is 0 Å². The number of carbonyl (C=O) groups is 1. The molecule has 0 aliphatic carbocycles. The molecule has 1 amide bonds. The second-order valence-corrected chi connectivity index (χ2v) is 6.48. The third-order valence-corrected chi connectivity index (χ3v) is 4.58. The van der Waals surface area contributed by atoms with E-state index < -0.39 is 5.60 Å². The predicted molar refractivity (Wildman–Crippen MR) is 93.9 cm³/mol. The predicted octanol–water partition coefficient (Wildman–Crippen LogP) is 1.03. The number of nitrogens with one attached hydrogen (secondary N) is 1. The van der Waals surface area contributed by atoms with Crippen LogP contribution < -0.4 is 10.1 Å². The second-order valence-electron chi connectivity index (χ2n) is 6.48. The molecule has 1 aromatic rings. The summed E-state index contributed by atoms with van der Waals surface area (Å²) < 4.78 is 10.5. The third-order valence-electron chi connectivity index (χ3n) is 4.58. The lowest BCUT2D eigenvalue weighted by Crippen LogP contribution is -2.48. The number of hydrogen-bond donors (Lipinski definition) is 1. The van der Waals surface area contributed by atoms with Gasteiger partial charge in [0.25, 0.3) is 5.91 Å². The first-order valence-corrected chi connectivity index (χ1v) is 8.58. The van der Waals surface area contributed by atoms with Gasteiger partial charge in [-0.15, -0.1) is 0 Å². The smallest absolute Gasteiger partial charge is 0.267 e. The van der Waals surface area contributed by atoms with Gasteiger partial charge in [0.05, 0.1) is 26.0 Å². The third kappa shape index (κ3) is 4.29. The lowest BCUT2D eigenvalue weighted by Gasteiger charge is -2.27. The van der Waals surface area contributed by atoms with Crippen molar-refractivity contribution in [3.63, 3.8) is 0 Å². The topological polar surface area (TPSA) is 72.4 Å². The van der Waals surface area contributed by atoms with E-state index in [0.717, 1.165) is 49.9 Å². The lowest BCUT2D eigenvalue weighted by molar-refractivity contribution is -0.141. The van der Waals surface area contributed by atoms with E-state index in [9.17, 15) is 4.79 Å². The van der Waals surface area contributed by atoms with Gasteiger partial charge in [0.2, 0.25) is 5.60 Å². The summed E-state index contributed by atoms with van der Waals surface area (Å²) in [7, 11) is 1.63. The number of amides is 1. The van der Waals surface area contributed by atoms with Gasteiger partial charge in [-0.2, -0.15) is 0 Å². The van der Waals surface area contributed by atoms with Gasteiger partial charge in [-0.25, -0.2) is 0 Å². The van der Waals surface area contributed by atoms with E-state index in [1.165, 1.54) is 0 Å². The number of carbonyl (C=O) groups excluding carboxylic acids is 1. The molecule has 2 aliphatic rings. The largest absolute Gasteiger partial charge is 0.497 e. The van der Waals surface area contributed by atoms with Crippen molar-refractivity contribution in [3.8, 4) is 5.75 Å². The van der Waals surface area contributed by atoms with Gasteiger partial charge in [-0.05, 0) is 36.8 Å². The van der Waals surface area contributed by atoms with Crippen LogP contribution in [-0.4, -0.2) is 68.6 Å². The zero-order valence-electron chi connectivity index (χ0n) is 14.8. The molecule has 1 N–H and O–H groups in total. The maximum Gasteiger partial charge on any atom is 0.267 e. The zero-order chi connectivity index (χ0) is 17.7. The standard InChI is InChI=1S/C18H25N3O4/c1-18(17(22)19-7-8-21-9-11-24-12-10-21)13-16(20-25-18)14-3-5-15(23-2)6-4-14/h3-6H,7-13H2,1-2H3,(H,19,22). The first kappa shape index (κ1) is 17.7. The van der Waals surface area contributed by atoms with Crippen LogP contribution in [0.3, 0.4) is 0 Å². The summed E-state index contributed by atoms with van der Waals surface area (Å²) in [6.07, 6.45) is 0.447. The summed E-state index contributed by atoms with van der Waals surface area (Å²) in [4.78, 5) is 20.3. The molecule has 7 heteroatoms. The summed E-state index contributed by atoms with van der Waals surface area (Å²) in [5, 5.41) is 7.08. The molecule has 2 aliphatic heterocycles. The molecule has 1 fully saturated rings. The van der Waals surface area contributed by atoms with Crippen LogP contribution in [0.2, 0.25) is 0 Å². The van der Waals surface area contributed by atoms with Crippen molar-refractivity contribution in [1.82, 2.24) is 10.2 Å². The molecule has 0 bridgehead atoms. The fourth-order valence-corrected chi connectivity index (χ4v) is 2.94. The Balaban J connectivity index is 1.49. The Morgan fingerprint density at radius 1 is 1.32 bits per heavy atom. The van der Waals surface area contributed by atoms with E-state index in [4.69, 9.17) is 14.3 Å². The molecule has 1 saturated heterocycles. The van der Waals surface area contributed by atoms with Crippen molar-refractivity contribution in [2.24, 2.45) is 5.16 Å². The minimum atomic E-state index is -0.958. The molecule has 1 aromatic carbocycles. The molecule has 0 saturated carbocycles. The van der Waals surface area contributed by atoms with Crippen LogP contribution in [0.15, 0.2) is 29.4 Å². The summed E-state index contributed by atoms with van der Waals surface area (Å²) >= 11 is 0. The quantitative estimate of drug-likeness (QED) is 0.832. The fourth-order valence-electron chi connectivity index (χ4n) is 2.94. The lowest BCUT2D eigenvalue weighted by atomic mass is 9.95. The molecule has 7 nitrogen and oxygen atoms in total. The molecule has 1 unspecified atom stereocenters. The van der Waals surface area contributed by atoms with Gasteiger partial charge in [-0.1, -0.05) is 5.16 Å². The maximum absolute atomic E-state index is 12.5.